The van der Waals surface area contributed by atoms with Crippen LogP contribution in [-0.4, -0.2) is 35.0 Å². The van der Waals surface area contributed by atoms with E-state index in [0.717, 1.165) is 18.7 Å². The van der Waals surface area contributed by atoms with Gasteiger partial charge in [-0.25, -0.2) is 4.79 Å². The molecule has 0 unspecified atom stereocenters. The first-order valence-corrected chi connectivity index (χ1v) is 7.29. The molecule has 2 fully saturated rings. The van der Waals surface area contributed by atoms with E-state index in [4.69, 9.17) is 9.47 Å². The van der Waals surface area contributed by atoms with Gasteiger partial charge in [0.1, 0.15) is 6.10 Å². The number of nitrogens with one attached hydrogen (secondary N) is 1. The van der Waals surface area contributed by atoms with Crippen molar-refractivity contribution in [2.24, 2.45) is 11.3 Å². The lowest BCUT2D eigenvalue weighted by molar-refractivity contribution is -0.183. The van der Waals surface area contributed by atoms with Crippen molar-refractivity contribution >= 4 is 5.97 Å². The van der Waals surface area contributed by atoms with Crippen molar-refractivity contribution in [1.82, 2.24) is 10.2 Å². The summed E-state index contributed by atoms with van der Waals surface area (Å²) in [4.78, 5) is 12.2. The molecule has 1 aromatic rings. The van der Waals surface area contributed by atoms with Crippen molar-refractivity contribution in [2.45, 2.75) is 52.2 Å². The summed E-state index contributed by atoms with van der Waals surface area (Å²) < 4.78 is 11.4. The average molecular weight is 278 g/mol. The molecule has 1 aliphatic heterocycles. The topological polar surface area (TPSA) is 64.2 Å². The summed E-state index contributed by atoms with van der Waals surface area (Å²) in [6.45, 7) is 9.08. The number of esters is 1. The predicted octanol–water partition coefficient (Wildman–Crippen LogP) is 2.50. The molecular formula is C15H22N2O3. The van der Waals surface area contributed by atoms with Crippen LogP contribution in [0.3, 0.4) is 0 Å². The Kier molecular flexibility index (Phi) is 3.12. The van der Waals surface area contributed by atoms with Crippen LogP contribution in [0.1, 0.15) is 56.2 Å². The van der Waals surface area contributed by atoms with Crippen molar-refractivity contribution in [3.05, 3.63) is 17.5 Å². The summed E-state index contributed by atoms with van der Waals surface area (Å²) >= 11 is 0. The van der Waals surface area contributed by atoms with Crippen LogP contribution in [0, 0.1) is 11.3 Å². The predicted molar refractivity (Wildman–Crippen MR) is 73.5 cm³/mol. The molecule has 0 radical (unpaired) electrons. The molecule has 5 nitrogen and oxygen atoms in total. The van der Waals surface area contributed by atoms with Gasteiger partial charge >= 0.3 is 5.97 Å². The molecule has 5 heteroatoms. The summed E-state index contributed by atoms with van der Waals surface area (Å²) in [7, 11) is 0. The summed E-state index contributed by atoms with van der Waals surface area (Å²) in [5, 5.41) is 6.94. The minimum atomic E-state index is -0.337. The number of rotatable bonds is 3. The lowest BCUT2D eigenvalue weighted by Gasteiger charge is -2.52. The summed E-state index contributed by atoms with van der Waals surface area (Å²) in [5.74, 6) is 0.325. The second-order valence-corrected chi connectivity index (χ2v) is 6.75. The van der Waals surface area contributed by atoms with E-state index in [-0.39, 0.29) is 23.6 Å². The maximum absolute atomic E-state index is 12.2. The number of nitrogens with zero attached hydrogens (tertiary/aromatic N) is 1. The van der Waals surface area contributed by atoms with E-state index < -0.39 is 0 Å². The van der Waals surface area contributed by atoms with Crippen LogP contribution in [0.15, 0.2) is 6.07 Å². The number of carbonyl (C=O) groups excluding carboxylic acids is 1. The highest BCUT2D eigenvalue weighted by molar-refractivity contribution is 5.87. The van der Waals surface area contributed by atoms with Crippen LogP contribution in [0.5, 0.6) is 0 Å². The van der Waals surface area contributed by atoms with Gasteiger partial charge in [-0.1, -0.05) is 27.7 Å². The van der Waals surface area contributed by atoms with Crippen LogP contribution >= 0.6 is 0 Å². The quantitative estimate of drug-likeness (QED) is 0.863. The SMILES string of the molecule is CC(C)c1cc(C(=O)O[C@@H]2[C@H]3CCO[C@@H]3C2(C)C)n[nH]1. The van der Waals surface area contributed by atoms with E-state index in [0.29, 0.717) is 17.5 Å². The molecule has 1 aliphatic carbocycles. The number of H-pyrrole nitrogens is 1. The molecule has 2 aliphatic rings. The number of hydrogen-bond donors (Lipinski definition) is 1. The molecule has 1 aromatic heterocycles. The van der Waals surface area contributed by atoms with Gasteiger partial charge < -0.3 is 9.47 Å². The molecule has 2 heterocycles. The van der Waals surface area contributed by atoms with Crippen molar-refractivity contribution in [2.75, 3.05) is 6.61 Å². The van der Waals surface area contributed by atoms with Gasteiger partial charge in [-0.15, -0.1) is 0 Å². The molecular weight excluding hydrogens is 256 g/mol. The molecule has 3 rings (SSSR count). The van der Waals surface area contributed by atoms with Crippen LogP contribution in [0.25, 0.3) is 0 Å². The Hall–Kier alpha value is -1.36. The first-order chi connectivity index (χ1) is 9.41. The van der Waals surface area contributed by atoms with Gasteiger partial charge in [-0.2, -0.15) is 5.10 Å². The molecule has 3 atom stereocenters. The second kappa shape index (κ2) is 4.58. The smallest absolute Gasteiger partial charge is 0.359 e. The Morgan fingerprint density at radius 2 is 2.30 bits per heavy atom. The number of hydrogen-bond acceptors (Lipinski definition) is 4. The normalized spacial score (nSPS) is 30.9. The maximum atomic E-state index is 12.2. The Balaban J connectivity index is 1.69. The highest BCUT2D eigenvalue weighted by Gasteiger charge is 2.61. The summed E-state index contributed by atoms with van der Waals surface area (Å²) in [5.41, 5.74) is 1.22. The fourth-order valence-electron chi connectivity index (χ4n) is 3.43. The molecule has 0 spiro atoms. The largest absolute Gasteiger partial charge is 0.457 e. The number of aromatic amines is 1. The van der Waals surface area contributed by atoms with Gasteiger partial charge in [0.05, 0.1) is 6.10 Å². The van der Waals surface area contributed by atoms with E-state index in [1.807, 2.05) is 0 Å². The highest BCUT2D eigenvalue weighted by Crippen LogP contribution is 2.53. The number of ether oxygens (including phenoxy) is 2. The Labute approximate surface area is 119 Å². The lowest BCUT2D eigenvalue weighted by Crippen LogP contribution is -2.61. The number of carbonyl (C=O) groups is 1. The Morgan fingerprint density at radius 1 is 1.55 bits per heavy atom. The first kappa shape index (κ1) is 13.6. The zero-order chi connectivity index (χ0) is 14.5. The molecule has 0 bridgehead atoms. The van der Waals surface area contributed by atoms with E-state index in [1.165, 1.54) is 0 Å². The zero-order valence-corrected chi connectivity index (χ0v) is 12.5. The minimum Gasteiger partial charge on any atom is -0.457 e. The van der Waals surface area contributed by atoms with Crippen LogP contribution in [-0.2, 0) is 9.47 Å². The van der Waals surface area contributed by atoms with Crippen molar-refractivity contribution in [1.29, 1.82) is 0 Å². The zero-order valence-electron chi connectivity index (χ0n) is 12.5. The van der Waals surface area contributed by atoms with Gasteiger partial charge in [0.15, 0.2) is 5.69 Å². The maximum Gasteiger partial charge on any atom is 0.359 e. The lowest BCUT2D eigenvalue weighted by atomic mass is 9.59. The highest BCUT2D eigenvalue weighted by atomic mass is 16.6. The molecule has 0 aromatic carbocycles. The second-order valence-electron chi connectivity index (χ2n) is 6.75. The monoisotopic (exact) mass is 278 g/mol. The third-order valence-electron chi connectivity index (χ3n) is 4.66. The van der Waals surface area contributed by atoms with Crippen molar-refractivity contribution in [3.8, 4) is 0 Å². The molecule has 1 saturated carbocycles. The summed E-state index contributed by atoms with van der Waals surface area (Å²) in [6, 6.07) is 1.78. The fourth-order valence-corrected chi connectivity index (χ4v) is 3.43. The van der Waals surface area contributed by atoms with Crippen LogP contribution in [0.4, 0.5) is 0 Å². The Bertz CT molecular complexity index is 521. The molecule has 110 valence electrons. The third kappa shape index (κ3) is 1.95. The van der Waals surface area contributed by atoms with E-state index in [9.17, 15) is 4.79 Å². The van der Waals surface area contributed by atoms with E-state index >= 15 is 0 Å². The Morgan fingerprint density at radius 3 is 2.95 bits per heavy atom. The van der Waals surface area contributed by atoms with E-state index in [2.05, 4.69) is 37.9 Å². The van der Waals surface area contributed by atoms with Gasteiger partial charge in [-0.05, 0) is 18.4 Å². The van der Waals surface area contributed by atoms with E-state index in [1.54, 1.807) is 6.07 Å². The van der Waals surface area contributed by atoms with Gasteiger partial charge in [0.25, 0.3) is 0 Å². The van der Waals surface area contributed by atoms with Crippen molar-refractivity contribution in [3.63, 3.8) is 0 Å². The van der Waals surface area contributed by atoms with Crippen molar-refractivity contribution < 1.29 is 14.3 Å². The average Bonchev–Trinajstić information content (AvgIpc) is 3.03. The van der Waals surface area contributed by atoms with Gasteiger partial charge in [0.2, 0.25) is 0 Å². The fraction of sp³-hybridized carbons (Fsp3) is 0.733. The minimum absolute atomic E-state index is 0.0679. The summed E-state index contributed by atoms with van der Waals surface area (Å²) in [6.07, 6.45) is 1.14. The standard InChI is InChI=1S/C15H22N2O3/c1-8(2)10-7-11(17-16-10)14(18)20-13-9-5-6-19-12(9)15(13,3)4/h7-9,12-13H,5-6H2,1-4H3,(H,16,17)/t9-,12-,13+/m0/s1. The molecule has 0 amide bonds. The van der Waals surface area contributed by atoms with Gasteiger partial charge in [0, 0.05) is 23.6 Å². The van der Waals surface area contributed by atoms with Crippen LogP contribution < -0.4 is 0 Å². The first-order valence-electron chi connectivity index (χ1n) is 7.29. The number of fused-ring (bicyclic) bond motifs is 1. The number of aromatic nitrogens is 2. The molecule has 1 N–H and O–H groups in total. The third-order valence-corrected chi connectivity index (χ3v) is 4.66. The molecule has 20 heavy (non-hydrogen) atoms. The molecule has 1 saturated heterocycles. The van der Waals surface area contributed by atoms with Crippen LogP contribution in [0.2, 0.25) is 0 Å². The van der Waals surface area contributed by atoms with Gasteiger partial charge in [-0.3, -0.25) is 5.10 Å².